The van der Waals surface area contributed by atoms with Crippen LogP contribution in [0.1, 0.15) is 18.2 Å². The van der Waals surface area contributed by atoms with Gasteiger partial charge in [-0.05, 0) is 24.6 Å². The molecule has 3 amide bonds. The molecule has 152 valence electrons. The molecule has 2 aliphatic rings. The zero-order chi connectivity index (χ0) is 20.7. The van der Waals surface area contributed by atoms with Gasteiger partial charge in [0.05, 0.1) is 6.54 Å². The normalized spacial score (nSPS) is 20.4. The van der Waals surface area contributed by atoms with Crippen LogP contribution in [0.25, 0.3) is 11.3 Å². The summed E-state index contributed by atoms with van der Waals surface area (Å²) in [5.74, 6) is 1.39. The van der Waals surface area contributed by atoms with Crippen LogP contribution in [-0.4, -0.2) is 35.2 Å². The molecule has 8 nitrogen and oxygen atoms in total. The molecule has 1 saturated heterocycles. The predicted octanol–water partition coefficient (Wildman–Crippen LogP) is 3.08. The molecule has 30 heavy (non-hydrogen) atoms. The Morgan fingerprint density at radius 3 is 2.60 bits per heavy atom. The van der Waals surface area contributed by atoms with Gasteiger partial charge in [-0.1, -0.05) is 41.6 Å². The summed E-state index contributed by atoms with van der Waals surface area (Å²) >= 11 is 0. The number of rotatable bonds is 4. The van der Waals surface area contributed by atoms with Crippen molar-refractivity contribution in [3.8, 4) is 22.8 Å². The minimum atomic E-state index is -1.21. The fourth-order valence-electron chi connectivity index (χ4n) is 3.68. The summed E-state index contributed by atoms with van der Waals surface area (Å²) in [4.78, 5) is 27.0. The Kier molecular flexibility index (Phi) is 4.20. The van der Waals surface area contributed by atoms with E-state index in [-0.39, 0.29) is 12.5 Å². The van der Waals surface area contributed by atoms with Crippen LogP contribution >= 0.6 is 0 Å². The predicted molar refractivity (Wildman–Crippen MR) is 106 cm³/mol. The van der Waals surface area contributed by atoms with E-state index in [0.29, 0.717) is 41.7 Å². The highest BCUT2D eigenvalue weighted by atomic mass is 16.6. The minimum Gasteiger partial charge on any atom is -0.486 e. The number of nitrogens with zero attached hydrogens (tertiary/aromatic N) is 2. The van der Waals surface area contributed by atoms with Crippen LogP contribution in [0.4, 0.5) is 4.79 Å². The van der Waals surface area contributed by atoms with Gasteiger partial charge in [-0.25, -0.2) is 4.79 Å². The molecular formula is C22H19N3O5. The second-order valence-electron chi connectivity index (χ2n) is 7.35. The summed E-state index contributed by atoms with van der Waals surface area (Å²) in [5, 5.41) is 6.81. The molecule has 2 aromatic carbocycles. The molecule has 0 aliphatic carbocycles. The first-order valence-corrected chi connectivity index (χ1v) is 9.60. The highest BCUT2D eigenvalue weighted by Gasteiger charge is 2.49. The Hall–Kier alpha value is -3.81. The van der Waals surface area contributed by atoms with Crippen LogP contribution in [0.15, 0.2) is 59.1 Å². The van der Waals surface area contributed by atoms with E-state index in [0.717, 1.165) is 10.5 Å². The number of urea groups is 1. The van der Waals surface area contributed by atoms with Crippen molar-refractivity contribution in [1.82, 2.24) is 15.4 Å². The fraction of sp³-hybridized carbons (Fsp3) is 0.227. The van der Waals surface area contributed by atoms with Crippen LogP contribution < -0.4 is 14.8 Å². The van der Waals surface area contributed by atoms with Crippen molar-refractivity contribution in [2.24, 2.45) is 0 Å². The Morgan fingerprint density at radius 1 is 1.03 bits per heavy atom. The number of hydrogen-bond acceptors (Lipinski definition) is 6. The molecule has 5 rings (SSSR count). The maximum absolute atomic E-state index is 13.2. The summed E-state index contributed by atoms with van der Waals surface area (Å²) in [6, 6.07) is 16.0. The smallest absolute Gasteiger partial charge is 0.325 e. The molecule has 1 atom stereocenters. The number of hydrogen-bond donors (Lipinski definition) is 1. The highest BCUT2D eigenvalue weighted by molar-refractivity contribution is 6.07. The first-order chi connectivity index (χ1) is 14.5. The number of amides is 3. The lowest BCUT2D eigenvalue weighted by molar-refractivity contribution is -0.131. The summed E-state index contributed by atoms with van der Waals surface area (Å²) in [6.07, 6.45) is 0. The molecule has 1 aromatic heterocycles. The molecule has 0 spiro atoms. The second-order valence-corrected chi connectivity index (χ2v) is 7.35. The third-order valence-corrected chi connectivity index (χ3v) is 5.33. The highest BCUT2D eigenvalue weighted by Crippen LogP contribution is 2.37. The summed E-state index contributed by atoms with van der Waals surface area (Å²) < 4.78 is 16.5. The lowest BCUT2D eigenvalue weighted by Gasteiger charge is -2.25. The topological polar surface area (TPSA) is 93.9 Å². The number of carbonyl (C=O) groups is 2. The largest absolute Gasteiger partial charge is 0.486 e. The minimum absolute atomic E-state index is 0.0150. The number of carbonyl (C=O) groups excluding carboxylic acids is 2. The van der Waals surface area contributed by atoms with E-state index in [2.05, 4.69) is 10.5 Å². The second kappa shape index (κ2) is 6.91. The van der Waals surface area contributed by atoms with Crippen molar-refractivity contribution < 1.29 is 23.6 Å². The van der Waals surface area contributed by atoms with E-state index in [1.165, 1.54) is 0 Å². The number of ether oxygens (including phenoxy) is 2. The van der Waals surface area contributed by atoms with Gasteiger partial charge in [0, 0.05) is 11.6 Å². The van der Waals surface area contributed by atoms with E-state index in [1.54, 1.807) is 31.2 Å². The molecule has 8 heteroatoms. The van der Waals surface area contributed by atoms with Gasteiger partial charge in [0.2, 0.25) is 0 Å². The van der Waals surface area contributed by atoms with E-state index in [4.69, 9.17) is 14.0 Å². The number of nitrogens with one attached hydrogen (secondary N) is 1. The molecule has 3 heterocycles. The molecule has 1 N–H and O–H groups in total. The van der Waals surface area contributed by atoms with Crippen molar-refractivity contribution in [3.63, 3.8) is 0 Å². The summed E-state index contributed by atoms with van der Waals surface area (Å²) in [6.45, 7) is 2.61. The monoisotopic (exact) mass is 405 g/mol. The van der Waals surface area contributed by atoms with E-state index >= 15 is 0 Å². The SMILES string of the molecule is C[C@]1(c2ccc3c(c2)OCCO3)NC(=O)N(Cc2cc(-c3ccccc3)on2)C1=O. The third-order valence-electron chi connectivity index (χ3n) is 5.33. The maximum Gasteiger partial charge on any atom is 0.325 e. The third kappa shape index (κ3) is 2.97. The van der Waals surface area contributed by atoms with Crippen LogP contribution in [0.5, 0.6) is 11.5 Å². The van der Waals surface area contributed by atoms with Gasteiger partial charge in [0.25, 0.3) is 5.91 Å². The standard InChI is InChI=1S/C22H19N3O5/c1-22(15-7-8-17-19(11-15)29-10-9-28-17)20(26)25(21(27)23-22)13-16-12-18(30-24-16)14-5-3-2-4-6-14/h2-8,11-12H,9-10,13H2,1H3,(H,23,27)/t22-/m1/s1. The molecule has 1 fully saturated rings. The zero-order valence-electron chi connectivity index (χ0n) is 16.3. The quantitative estimate of drug-likeness (QED) is 0.671. The molecule has 0 saturated carbocycles. The van der Waals surface area contributed by atoms with E-state index < -0.39 is 11.6 Å². The van der Waals surface area contributed by atoms with Crippen molar-refractivity contribution in [2.75, 3.05) is 13.2 Å². The van der Waals surface area contributed by atoms with Crippen molar-refractivity contribution in [2.45, 2.75) is 19.0 Å². The summed E-state index contributed by atoms with van der Waals surface area (Å²) in [7, 11) is 0. The molecular weight excluding hydrogens is 386 g/mol. The molecule has 0 radical (unpaired) electrons. The first-order valence-electron chi connectivity index (χ1n) is 9.60. The molecule has 0 unspecified atom stereocenters. The van der Waals surface area contributed by atoms with Gasteiger partial charge in [-0.3, -0.25) is 9.69 Å². The lowest BCUT2D eigenvalue weighted by Crippen LogP contribution is -2.41. The maximum atomic E-state index is 13.2. The van der Waals surface area contributed by atoms with Gasteiger partial charge in [0.1, 0.15) is 24.4 Å². The lowest BCUT2D eigenvalue weighted by atomic mass is 9.91. The van der Waals surface area contributed by atoms with Gasteiger partial charge < -0.3 is 19.3 Å². The van der Waals surface area contributed by atoms with Gasteiger partial charge in [-0.15, -0.1) is 0 Å². The average Bonchev–Trinajstić information content (AvgIpc) is 3.33. The van der Waals surface area contributed by atoms with Crippen LogP contribution in [0, 0.1) is 0 Å². The Labute approximate surface area is 172 Å². The Balaban J connectivity index is 1.39. The first kappa shape index (κ1) is 18.2. The fourth-order valence-corrected chi connectivity index (χ4v) is 3.68. The number of fused-ring (bicyclic) bond motifs is 1. The van der Waals surface area contributed by atoms with E-state index in [1.807, 2.05) is 30.3 Å². The van der Waals surface area contributed by atoms with Crippen molar-refractivity contribution in [3.05, 3.63) is 65.9 Å². The number of imide groups is 1. The van der Waals surface area contributed by atoms with Crippen molar-refractivity contribution in [1.29, 1.82) is 0 Å². The molecule has 2 aliphatic heterocycles. The Morgan fingerprint density at radius 2 is 1.80 bits per heavy atom. The van der Waals surface area contributed by atoms with Crippen molar-refractivity contribution >= 4 is 11.9 Å². The summed E-state index contributed by atoms with van der Waals surface area (Å²) in [5.41, 5.74) is 0.773. The van der Waals surface area contributed by atoms with Crippen LogP contribution in [0.2, 0.25) is 0 Å². The van der Waals surface area contributed by atoms with Gasteiger partial charge in [-0.2, -0.15) is 0 Å². The average molecular weight is 405 g/mol. The van der Waals surface area contributed by atoms with Gasteiger partial charge >= 0.3 is 6.03 Å². The van der Waals surface area contributed by atoms with Gasteiger partial charge in [0.15, 0.2) is 17.3 Å². The molecule has 0 bridgehead atoms. The van der Waals surface area contributed by atoms with Crippen LogP contribution in [0.3, 0.4) is 0 Å². The van der Waals surface area contributed by atoms with Crippen LogP contribution in [-0.2, 0) is 16.9 Å². The number of aromatic nitrogens is 1. The molecule has 3 aromatic rings. The zero-order valence-corrected chi connectivity index (χ0v) is 16.3. The van der Waals surface area contributed by atoms with E-state index in [9.17, 15) is 9.59 Å². The number of benzene rings is 2. The Bertz CT molecular complexity index is 1130.